The van der Waals surface area contributed by atoms with Crippen LogP contribution in [0, 0.1) is 0 Å². The zero-order chi connectivity index (χ0) is 39.2. The molecule has 0 unspecified atom stereocenters. The summed E-state index contributed by atoms with van der Waals surface area (Å²) in [6.07, 6.45) is 4.50. The number of rotatable bonds is 4. The van der Waals surface area contributed by atoms with Crippen molar-refractivity contribution < 1.29 is 0 Å². The molecular weight excluding hydrogens is 715 g/mol. The van der Waals surface area contributed by atoms with E-state index in [0.717, 1.165) is 22.1 Å². The Balaban J connectivity index is 1.15. The first-order valence-corrected chi connectivity index (χ1v) is 20.4. The van der Waals surface area contributed by atoms with Gasteiger partial charge in [-0.05, 0) is 114 Å². The topological polar surface area (TPSA) is 38.7 Å². The van der Waals surface area contributed by atoms with Crippen LogP contribution in [0.25, 0.3) is 94.0 Å². The minimum Gasteiger partial charge on any atom is -0.208 e. The number of hydrogen-bond acceptors (Lipinski definition) is 3. The Morgan fingerprint density at radius 2 is 0.898 bits per heavy atom. The van der Waals surface area contributed by atoms with Gasteiger partial charge in [0.15, 0.2) is 17.5 Å². The number of fused-ring (bicyclic) bond motifs is 15. The van der Waals surface area contributed by atoms with Crippen LogP contribution in [0.2, 0.25) is 0 Å². The molecule has 276 valence electrons. The fraction of sp³-hybridized carbons (Fsp3) is 0.0536. The third-order valence-electron chi connectivity index (χ3n) is 12.8. The minimum atomic E-state index is -0.467. The lowest BCUT2D eigenvalue weighted by Crippen LogP contribution is -2.26. The average Bonchev–Trinajstić information content (AvgIpc) is 3.74. The molecule has 0 atom stereocenters. The molecule has 1 aromatic heterocycles. The second-order valence-corrected chi connectivity index (χ2v) is 15.8. The van der Waals surface area contributed by atoms with E-state index in [1.165, 1.54) is 82.2 Å². The molecule has 1 heterocycles. The summed E-state index contributed by atoms with van der Waals surface area (Å²) >= 11 is 0. The molecule has 12 rings (SSSR count). The highest BCUT2D eigenvalue weighted by atomic mass is 15.0. The van der Waals surface area contributed by atoms with Gasteiger partial charge in [-0.3, -0.25) is 0 Å². The number of benzene rings is 9. The monoisotopic (exact) mass is 751 g/mol. The van der Waals surface area contributed by atoms with Gasteiger partial charge in [-0.15, -0.1) is 0 Å². The molecular formula is C56H37N3. The van der Waals surface area contributed by atoms with Crippen molar-refractivity contribution in [1.82, 2.24) is 15.0 Å². The van der Waals surface area contributed by atoms with Crippen molar-refractivity contribution in [3.05, 3.63) is 216 Å². The molecule has 0 bridgehead atoms. The third kappa shape index (κ3) is 4.67. The van der Waals surface area contributed by atoms with E-state index >= 15 is 0 Å². The fourth-order valence-electron chi connectivity index (χ4n) is 10.4. The Bertz CT molecular complexity index is 3420. The number of aromatic nitrogens is 3. The quantitative estimate of drug-likeness (QED) is 0.168. The molecule has 0 fully saturated rings. The van der Waals surface area contributed by atoms with Gasteiger partial charge in [-0.2, -0.15) is 0 Å². The summed E-state index contributed by atoms with van der Waals surface area (Å²) in [5.41, 5.74) is 12.7. The van der Waals surface area contributed by atoms with Gasteiger partial charge in [0, 0.05) is 16.7 Å². The van der Waals surface area contributed by atoms with Crippen molar-refractivity contribution in [3.8, 4) is 45.3 Å². The molecule has 3 nitrogen and oxygen atoms in total. The van der Waals surface area contributed by atoms with Gasteiger partial charge in [0.2, 0.25) is 0 Å². The standard InChI is InChI=1S/C56H37N3/c1-3-17-48-34(2)37-31-30-36(32-51(37)56(48)49-28-15-13-24-42(49)43-25-14-16-29-50(43)56)54-57-53(35-18-5-4-6-19-35)58-55(59-54)47-33-46-40-22-8-7-20-38(40)39-21-9-11-26-44(39)52(46)45-27-12-10-23-41(45)47/h3-33H,1-2H3/b17-3-. The Morgan fingerprint density at radius 1 is 0.390 bits per heavy atom. The predicted molar refractivity (Wildman–Crippen MR) is 245 cm³/mol. The van der Waals surface area contributed by atoms with Crippen LogP contribution in [0.4, 0.5) is 0 Å². The van der Waals surface area contributed by atoms with Gasteiger partial charge < -0.3 is 0 Å². The van der Waals surface area contributed by atoms with Crippen molar-refractivity contribution in [2.24, 2.45) is 0 Å². The number of nitrogens with zero attached hydrogens (tertiary/aromatic N) is 3. The van der Waals surface area contributed by atoms with Crippen LogP contribution in [0.15, 0.2) is 194 Å². The normalized spacial score (nSPS) is 13.9. The average molecular weight is 752 g/mol. The largest absolute Gasteiger partial charge is 0.208 e. The van der Waals surface area contributed by atoms with Gasteiger partial charge in [0.25, 0.3) is 0 Å². The van der Waals surface area contributed by atoms with E-state index in [9.17, 15) is 0 Å². The maximum atomic E-state index is 5.45. The van der Waals surface area contributed by atoms with Crippen molar-refractivity contribution >= 4 is 48.7 Å². The van der Waals surface area contributed by atoms with Crippen LogP contribution in [-0.4, -0.2) is 15.0 Å². The van der Waals surface area contributed by atoms with Crippen LogP contribution in [-0.2, 0) is 5.41 Å². The van der Waals surface area contributed by atoms with Crippen LogP contribution >= 0.6 is 0 Å². The first-order valence-electron chi connectivity index (χ1n) is 20.4. The van der Waals surface area contributed by atoms with E-state index in [2.05, 4.69) is 184 Å². The molecule has 0 saturated heterocycles. The molecule has 0 N–H and O–H groups in total. The summed E-state index contributed by atoms with van der Waals surface area (Å²) in [7, 11) is 0. The van der Waals surface area contributed by atoms with Crippen molar-refractivity contribution in [3.63, 3.8) is 0 Å². The summed E-state index contributed by atoms with van der Waals surface area (Å²) in [5, 5.41) is 9.68. The summed E-state index contributed by atoms with van der Waals surface area (Å²) in [5.74, 6) is 1.95. The second-order valence-electron chi connectivity index (χ2n) is 15.8. The van der Waals surface area contributed by atoms with E-state index < -0.39 is 5.41 Å². The highest BCUT2D eigenvalue weighted by Crippen LogP contribution is 2.62. The molecule has 0 amide bonds. The van der Waals surface area contributed by atoms with Gasteiger partial charge in [0.05, 0.1) is 5.41 Å². The van der Waals surface area contributed by atoms with Crippen LogP contribution in [0.5, 0.6) is 0 Å². The molecule has 9 aromatic carbocycles. The zero-order valence-electron chi connectivity index (χ0n) is 32.7. The third-order valence-corrected chi connectivity index (χ3v) is 12.8. The van der Waals surface area contributed by atoms with Crippen LogP contribution in [0.1, 0.15) is 36.1 Å². The molecule has 2 aliphatic rings. The van der Waals surface area contributed by atoms with Crippen molar-refractivity contribution in [2.45, 2.75) is 19.3 Å². The molecule has 2 aliphatic carbocycles. The van der Waals surface area contributed by atoms with Gasteiger partial charge in [-0.1, -0.05) is 176 Å². The molecule has 1 spiro atoms. The molecule has 0 aliphatic heterocycles. The van der Waals surface area contributed by atoms with Crippen LogP contribution < -0.4 is 0 Å². The highest BCUT2D eigenvalue weighted by molar-refractivity contribution is 6.32. The second kappa shape index (κ2) is 12.8. The Kier molecular flexibility index (Phi) is 7.27. The first-order chi connectivity index (χ1) is 29.1. The van der Waals surface area contributed by atoms with Crippen LogP contribution in [0.3, 0.4) is 0 Å². The summed E-state index contributed by atoms with van der Waals surface area (Å²) in [4.78, 5) is 16.0. The smallest absolute Gasteiger partial charge is 0.164 e. The van der Waals surface area contributed by atoms with E-state index in [1.807, 2.05) is 18.2 Å². The van der Waals surface area contributed by atoms with Gasteiger partial charge in [-0.25, -0.2) is 15.0 Å². The lowest BCUT2D eigenvalue weighted by atomic mass is 9.69. The van der Waals surface area contributed by atoms with Gasteiger partial charge >= 0.3 is 0 Å². The Labute approximate surface area is 342 Å². The minimum absolute atomic E-state index is 0.467. The maximum Gasteiger partial charge on any atom is 0.164 e. The SMILES string of the molecule is C/C=C\C1=C(C)c2ccc(-c3nc(-c4ccccc4)nc(-c4cc5c6ccccc6c6ccccc6c5c5ccccc45)n3)cc2C12c1ccccc1-c1ccccc12. The van der Waals surface area contributed by atoms with E-state index in [4.69, 9.17) is 15.0 Å². The Hall–Kier alpha value is -7.49. The highest BCUT2D eigenvalue weighted by Gasteiger charge is 2.51. The summed E-state index contributed by atoms with van der Waals surface area (Å²) in [6.45, 7) is 4.40. The molecule has 59 heavy (non-hydrogen) atoms. The summed E-state index contributed by atoms with van der Waals surface area (Å²) in [6, 6.07) is 63.6. The molecule has 0 saturated carbocycles. The lowest BCUT2D eigenvalue weighted by Gasteiger charge is -2.32. The summed E-state index contributed by atoms with van der Waals surface area (Å²) < 4.78 is 0. The zero-order valence-corrected chi connectivity index (χ0v) is 32.7. The predicted octanol–water partition coefficient (Wildman–Crippen LogP) is 14.2. The number of hydrogen-bond donors (Lipinski definition) is 0. The van der Waals surface area contributed by atoms with Crippen molar-refractivity contribution in [2.75, 3.05) is 0 Å². The fourth-order valence-corrected chi connectivity index (χ4v) is 10.4. The van der Waals surface area contributed by atoms with Crippen molar-refractivity contribution in [1.29, 1.82) is 0 Å². The Morgan fingerprint density at radius 3 is 1.56 bits per heavy atom. The maximum absolute atomic E-state index is 5.45. The lowest BCUT2D eigenvalue weighted by molar-refractivity contribution is 0.785. The van der Waals surface area contributed by atoms with E-state index in [1.54, 1.807) is 0 Å². The molecule has 10 aromatic rings. The molecule has 0 radical (unpaired) electrons. The van der Waals surface area contributed by atoms with E-state index in [-0.39, 0.29) is 0 Å². The van der Waals surface area contributed by atoms with Gasteiger partial charge in [0.1, 0.15) is 0 Å². The molecule has 3 heteroatoms. The number of allylic oxidation sites excluding steroid dienone is 4. The van der Waals surface area contributed by atoms with E-state index in [0.29, 0.717) is 17.5 Å². The first kappa shape index (κ1) is 33.6.